The van der Waals surface area contributed by atoms with Gasteiger partial charge in [-0.3, -0.25) is 4.79 Å². The maximum atomic E-state index is 11.2. The third-order valence-electron chi connectivity index (χ3n) is 2.12. The van der Waals surface area contributed by atoms with E-state index in [2.05, 4.69) is 0 Å². The Hall–Kier alpha value is -2.30. The zero-order valence-corrected chi connectivity index (χ0v) is 9.56. The summed E-state index contributed by atoms with van der Waals surface area (Å²) < 4.78 is 4.99. The normalized spacial score (nSPS) is 9.53. The molecule has 90 valence electrons. The van der Waals surface area contributed by atoms with Crippen LogP contribution in [0.3, 0.4) is 0 Å². The summed E-state index contributed by atoms with van der Waals surface area (Å²) in [6.45, 7) is 2.90. The fourth-order valence-electron chi connectivity index (χ4n) is 1.32. The Morgan fingerprint density at radius 1 is 1.35 bits per heavy atom. The molecule has 0 spiro atoms. The molecule has 5 nitrogen and oxygen atoms in total. The van der Waals surface area contributed by atoms with E-state index < -0.39 is 11.6 Å². The molecule has 17 heavy (non-hydrogen) atoms. The Kier molecular flexibility index (Phi) is 3.87. The van der Waals surface area contributed by atoms with E-state index in [1.165, 1.54) is 0 Å². The van der Waals surface area contributed by atoms with E-state index in [1.54, 1.807) is 6.07 Å². The average Bonchev–Trinajstić information content (AvgIpc) is 2.25. The van der Waals surface area contributed by atoms with E-state index in [1.807, 2.05) is 25.1 Å². The van der Waals surface area contributed by atoms with Gasteiger partial charge in [0.05, 0.1) is 0 Å². The highest BCUT2D eigenvalue weighted by atomic mass is 16.4. The van der Waals surface area contributed by atoms with Gasteiger partial charge in [0, 0.05) is 12.3 Å². The molecule has 1 aromatic carbocycles. The van der Waals surface area contributed by atoms with Crippen molar-refractivity contribution in [2.75, 3.05) is 5.73 Å². The fraction of sp³-hybridized carbons (Fsp3) is 0.167. The third-order valence-corrected chi connectivity index (χ3v) is 2.12. The summed E-state index contributed by atoms with van der Waals surface area (Å²) in [5.74, 6) is -0.833. The highest BCUT2D eigenvalue weighted by Gasteiger charge is 2.06. The molecule has 0 saturated carbocycles. The van der Waals surface area contributed by atoms with Crippen molar-refractivity contribution in [2.24, 2.45) is 0 Å². The molecular formula is C12H13NO4. The summed E-state index contributed by atoms with van der Waals surface area (Å²) in [4.78, 5) is 20.2. The zero-order chi connectivity index (χ0) is 13.0. The number of nitrogen functional groups attached to an aromatic ring is 1. The van der Waals surface area contributed by atoms with Gasteiger partial charge in [0.1, 0.15) is 11.3 Å². The highest BCUT2D eigenvalue weighted by Crippen LogP contribution is 2.19. The van der Waals surface area contributed by atoms with Crippen LogP contribution in [0, 0.1) is 6.92 Å². The summed E-state index contributed by atoms with van der Waals surface area (Å²) in [6.07, 6.45) is 0. The van der Waals surface area contributed by atoms with Gasteiger partial charge in [-0.15, -0.1) is 0 Å². The lowest BCUT2D eigenvalue weighted by Gasteiger charge is -2.01. The van der Waals surface area contributed by atoms with Gasteiger partial charge in [-0.05, 0) is 18.6 Å². The van der Waals surface area contributed by atoms with E-state index in [4.69, 9.17) is 20.1 Å². The predicted molar refractivity (Wildman–Crippen MR) is 64.9 cm³/mol. The fourth-order valence-corrected chi connectivity index (χ4v) is 1.32. The number of hydrogen-bond acceptors (Lipinski definition) is 4. The number of carboxylic acids is 1. The van der Waals surface area contributed by atoms with Crippen molar-refractivity contribution in [2.45, 2.75) is 13.8 Å². The number of benzene rings is 1. The molecule has 1 heterocycles. The maximum absolute atomic E-state index is 11.2. The molecule has 0 aliphatic rings. The number of aryl methyl sites for hydroxylation is 1. The van der Waals surface area contributed by atoms with E-state index in [0.29, 0.717) is 5.58 Å². The zero-order valence-electron chi connectivity index (χ0n) is 9.56. The molecule has 0 atom stereocenters. The number of fused-ring (bicyclic) bond motifs is 1. The van der Waals surface area contributed by atoms with E-state index in [-0.39, 0.29) is 5.69 Å². The van der Waals surface area contributed by atoms with Crippen molar-refractivity contribution in [1.82, 2.24) is 0 Å². The Bertz CT molecular complexity index is 597. The lowest BCUT2D eigenvalue weighted by Crippen LogP contribution is -2.08. The molecule has 1 aromatic heterocycles. The van der Waals surface area contributed by atoms with Gasteiger partial charge >= 0.3 is 5.63 Å². The first kappa shape index (κ1) is 12.8. The first-order chi connectivity index (χ1) is 7.93. The molecule has 0 aliphatic heterocycles. The van der Waals surface area contributed by atoms with Gasteiger partial charge in [-0.25, -0.2) is 4.79 Å². The monoisotopic (exact) mass is 235 g/mol. The van der Waals surface area contributed by atoms with Gasteiger partial charge in [0.2, 0.25) is 0 Å². The smallest absolute Gasteiger partial charge is 0.359 e. The van der Waals surface area contributed by atoms with Gasteiger partial charge in [-0.2, -0.15) is 0 Å². The molecule has 0 bridgehead atoms. The minimum atomic E-state index is -0.833. The van der Waals surface area contributed by atoms with Crippen LogP contribution in [-0.4, -0.2) is 11.1 Å². The van der Waals surface area contributed by atoms with Gasteiger partial charge in [0.25, 0.3) is 5.97 Å². The molecule has 3 N–H and O–H groups in total. The van der Waals surface area contributed by atoms with Crippen LogP contribution in [0.1, 0.15) is 12.5 Å². The minimum Gasteiger partial charge on any atom is -0.481 e. The lowest BCUT2D eigenvalue weighted by atomic mass is 10.1. The molecule has 0 radical (unpaired) electrons. The second-order valence-corrected chi connectivity index (χ2v) is 3.44. The molecule has 0 unspecified atom stereocenters. The standard InChI is InChI=1S/C10H9NO2.C2H4O2/c1-6-7-4-2-3-5-8(7)13-10(12)9(6)11;1-2(3)4/h2-5H,11H2,1H3;1H3,(H,3,4). The van der Waals surface area contributed by atoms with Crippen LogP contribution in [0.2, 0.25) is 0 Å². The summed E-state index contributed by atoms with van der Waals surface area (Å²) in [5, 5.41) is 8.31. The largest absolute Gasteiger partial charge is 0.481 e. The molecule has 0 fully saturated rings. The van der Waals surface area contributed by atoms with Crippen molar-refractivity contribution in [1.29, 1.82) is 0 Å². The number of carboxylic acid groups (broad SMARTS) is 1. The second kappa shape index (κ2) is 5.16. The molecule has 0 saturated heterocycles. The summed E-state index contributed by atoms with van der Waals surface area (Å²) >= 11 is 0. The van der Waals surface area contributed by atoms with Crippen LogP contribution in [0.25, 0.3) is 11.0 Å². The van der Waals surface area contributed by atoms with Crippen LogP contribution < -0.4 is 11.4 Å². The van der Waals surface area contributed by atoms with Crippen molar-refractivity contribution in [3.8, 4) is 0 Å². The highest BCUT2D eigenvalue weighted by molar-refractivity contribution is 5.83. The number of aliphatic carboxylic acids is 1. The van der Waals surface area contributed by atoms with Crippen molar-refractivity contribution < 1.29 is 14.3 Å². The summed E-state index contributed by atoms with van der Waals surface area (Å²) in [5.41, 5.74) is 6.64. The summed E-state index contributed by atoms with van der Waals surface area (Å²) in [7, 11) is 0. The van der Waals surface area contributed by atoms with Crippen LogP contribution in [-0.2, 0) is 4.79 Å². The van der Waals surface area contributed by atoms with Crippen LogP contribution >= 0.6 is 0 Å². The Morgan fingerprint density at radius 3 is 2.47 bits per heavy atom. The molecule has 2 rings (SSSR count). The Balaban J connectivity index is 0.000000317. The van der Waals surface area contributed by atoms with Gasteiger partial charge in [-0.1, -0.05) is 18.2 Å². The van der Waals surface area contributed by atoms with E-state index in [0.717, 1.165) is 17.9 Å². The molecule has 2 aromatic rings. The van der Waals surface area contributed by atoms with Gasteiger partial charge in [0.15, 0.2) is 0 Å². The number of anilines is 1. The molecule has 5 heteroatoms. The maximum Gasteiger partial charge on any atom is 0.359 e. The molecule has 0 aliphatic carbocycles. The van der Waals surface area contributed by atoms with Crippen LogP contribution in [0.5, 0.6) is 0 Å². The number of hydrogen-bond donors (Lipinski definition) is 2. The third kappa shape index (κ3) is 3.07. The second-order valence-electron chi connectivity index (χ2n) is 3.44. The number of carbonyl (C=O) groups is 1. The van der Waals surface area contributed by atoms with E-state index in [9.17, 15) is 4.79 Å². The Morgan fingerprint density at radius 2 is 1.88 bits per heavy atom. The topological polar surface area (TPSA) is 93.5 Å². The first-order valence-corrected chi connectivity index (χ1v) is 4.91. The predicted octanol–water partition coefficient (Wildman–Crippen LogP) is 1.77. The SMILES string of the molecule is CC(=O)O.Cc1c(N)c(=O)oc2ccccc12. The van der Waals surface area contributed by atoms with E-state index >= 15 is 0 Å². The van der Waals surface area contributed by atoms with Crippen molar-refractivity contribution in [3.63, 3.8) is 0 Å². The minimum absolute atomic E-state index is 0.193. The molecular weight excluding hydrogens is 222 g/mol. The van der Waals surface area contributed by atoms with Crippen LogP contribution in [0.4, 0.5) is 5.69 Å². The van der Waals surface area contributed by atoms with Crippen LogP contribution in [0.15, 0.2) is 33.5 Å². The molecule has 0 amide bonds. The van der Waals surface area contributed by atoms with Crippen molar-refractivity contribution in [3.05, 3.63) is 40.2 Å². The summed E-state index contributed by atoms with van der Waals surface area (Å²) in [6, 6.07) is 7.34. The first-order valence-electron chi connectivity index (χ1n) is 4.91. The number of nitrogens with two attached hydrogens (primary N) is 1. The number of para-hydroxylation sites is 1. The number of rotatable bonds is 0. The average molecular weight is 235 g/mol. The Labute approximate surface area is 97.5 Å². The lowest BCUT2D eigenvalue weighted by molar-refractivity contribution is -0.134. The quantitative estimate of drug-likeness (QED) is 0.679. The van der Waals surface area contributed by atoms with Crippen molar-refractivity contribution >= 4 is 22.6 Å². The van der Waals surface area contributed by atoms with Gasteiger partial charge < -0.3 is 15.3 Å².